The van der Waals surface area contributed by atoms with Crippen LogP contribution < -0.4 is 15.8 Å². The molecule has 112 valence electrons. The molecule has 1 unspecified atom stereocenters. The van der Waals surface area contributed by atoms with Gasteiger partial charge in [-0.25, -0.2) is 0 Å². The number of hydrogen-bond donors (Lipinski definition) is 2. The molecule has 0 saturated carbocycles. The molecule has 1 aromatic carbocycles. The second-order valence-electron chi connectivity index (χ2n) is 5.29. The lowest BCUT2D eigenvalue weighted by Gasteiger charge is -2.20. The Bertz CT molecular complexity index is 598. The summed E-state index contributed by atoms with van der Waals surface area (Å²) >= 11 is 0. The fourth-order valence-electron chi connectivity index (χ4n) is 2.40. The van der Waals surface area contributed by atoms with Crippen molar-refractivity contribution in [2.24, 2.45) is 5.92 Å². The molecule has 0 aromatic heterocycles. The molecular formula is C15H19N3O3. The summed E-state index contributed by atoms with van der Waals surface area (Å²) in [5, 5.41) is 0. The van der Waals surface area contributed by atoms with E-state index >= 15 is 0 Å². The molecule has 21 heavy (non-hydrogen) atoms. The average Bonchev–Trinajstić information content (AvgIpc) is 2.81. The topological polar surface area (TPSA) is 78.5 Å². The van der Waals surface area contributed by atoms with Crippen LogP contribution in [0.2, 0.25) is 0 Å². The van der Waals surface area contributed by atoms with Gasteiger partial charge in [0.25, 0.3) is 0 Å². The number of rotatable bonds is 2. The Morgan fingerprint density at radius 1 is 1.24 bits per heavy atom. The molecule has 0 bridgehead atoms. The van der Waals surface area contributed by atoms with E-state index in [1.807, 2.05) is 32.0 Å². The van der Waals surface area contributed by atoms with Crippen LogP contribution in [0.5, 0.6) is 0 Å². The Morgan fingerprint density at radius 3 is 2.62 bits per heavy atom. The molecule has 2 N–H and O–H groups in total. The molecule has 1 saturated heterocycles. The predicted molar refractivity (Wildman–Crippen MR) is 78.3 cm³/mol. The van der Waals surface area contributed by atoms with E-state index in [9.17, 15) is 14.4 Å². The van der Waals surface area contributed by atoms with Crippen molar-refractivity contribution in [1.82, 2.24) is 10.9 Å². The molecule has 1 aromatic rings. The lowest BCUT2D eigenvalue weighted by Crippen LogP contribution is -2.44. The maximum absolute atomic E-state index is 12.1. The summed E-state index contributed by atoms with van der Waals surface area (Å²) in [7, 11) is 0. The second-order valence-corrected chi connectivity index (χ2v) is 5.29. The predicted octanol–water partition coefficient (Wildman–Crippen LogP) is 0.824. The van der Waals surface area contributed by atoms with Crippen molar-refractivity contribution in [2.75, 3.05) is 11.4 Å². The molecule has 1 heterocycles. The van der Waals surface area contributed by atoms with Crippen molar-refractivity contribution in [1.29, 1.82) is 0 Å². The van der Waals surface area contributed by atoms with Gasteiger partial charge in [-0.2, -0.15) is 0 Å². The first-order valence-corrected chi connectivity index (χ1v) is 6.83. The normalized spacial score (nSPS) is 17.8. The Kier molecular flexibility index (Phi) is 4.26. The molecule has 0 radical (unpaired) electrons. The number of carbonyl (C=O) groups is 3. The van der Waals surface area contributed by atoms with E-state index in [4.69, 9.17) is 0 Å². The summed E-state index contributed by atoms with van der Waals surface area (Å²) in [4.78, 5) is 36.5. The van der Waals surface area contributed by atoms with E-state index in [0.717, 1.165) is 16.8 Å². The van der Waals surface area contributed by atoms with E-state index in [1.165, 1.54) is 6.92 Å². The quantitative estimate of drug-likeness (QED) is 0.791. The van der Waals surface area contributed by atoms with E-state index in [2.05, 4.69) is 10.9 Å². The van der Waals surface area contributed by atoms with Gasteiger partial charge in [-0.05, 0) is 31.0 Å². The number of anilines is 1. The number of hydrazine groups is 1. The monoisotopic (exact) mass is 289 g/mol. The molecule has 0 aliphatic carbocycles. The molecule has 1 atom stereocenters. The number of hydrogen-bond acceptors (Lipinski definition) is 3. The van der Waals surface area contributed by atoms with Gasteiger partial charge in [0.15, 0.2) is 0 Å². The third-order valence-corrected chi connectivity index (χ3v) is 3.72. The maximum atomic E-state index is 12.1. The zero-order chi connectivity index (χ0) is 15.6. The number of nitrogens with one attached hydrogen (secondary N) is 2. The molecular weight excluding hydrogens is 270 g/mol. The highest BCUT2D eigenvalue weighted by atomic mass is 16.2. The first-order valence-electron chi connectivity index (χ1n) is 6.83. The minimum atomic E-state index is -0.454. The van der Waals surface area contributed by atoms with Crippen LogP contribution in [0, 0.1) is 19.8 Å². The van der Waals surface area contributed by atoms with Crippen LogP contribution in [0.3, 0.4) is 0 Å². The molecule has 6 nitrogen and oxygen atoms in total. The summed E-state index contributed by atoms with van der Waals surface area (Å²) < 4.78 is 0. The van der Waals surface area contributed by atoms with Gasteiger partial charge in [0.1, 0.15) is 0 Å². The summed E-state index contributed by atoms with van der Waals surface area (Å²) in [6.45, 7) is 5.58. The number of nitrogens with zero attached hydrogens (tertiary/aromatic N) is 1. The Balaban J connectivity index is 2.11. The number of benzene rings is 1. The number of carbonyl (C=O) groups excluding carboxylic acids is 3. The average molecular weight is 289 g/mol. The Hall–Kier alpha value is -2.37. The standard InChI is InChI=1S/C15H19N3O3/c1-9-5-4-6-13(10(9)2)18-8-12(7-14(18)20)15(21)17-16-11(3)19/h4-6,12H,7-8H2,1-3H3,(H,16,19)(H,17,21). The van der Waals surface area contributed by atoms with E-state index in [1.54, 1.807) is 4.90 Å². The highest BCUT2D eigenvalue weighted by molar-refractivity contribution is 6.01. The van der Waals surface area contributed by atoms with Gasteiger partial charge in [0, 0.05) is 25.6 Å². The van der Waals surface area contributed by atoms with Crippen LogP contribution in [0.1, 0.15) is 24.5 Å². The molecule has 0 spiro atoms. The van der Waals surface area contributed by atoms with Gasteiger partial charge in [-0.15, -0.1) is 0 Å². The van der Waals surface area contributed by atoms with Crippen LogP contribution in [0.15, 0.2) is 18.2 Å². The third-order valence-electron chi connectivity index (χ3n) is 3.72. The van der Waals surface area contributed by atoms with E-state index in [-0.39, 0.29) is 24.1 Å². The molecule has 2 rings (SSSR count). The molecule has 1 aliphatic heterocycles. The SMILES string of the molecule is CC(=O)NNC(=O)C1CC(=O)N(c2cccc(C)c2C)C1. The van der Waals surface area contributed by atoms with Gasteiger partial charge >= 0.3 is 0 Å². The second kappa shape index (κ2) is 5.95. The third kappa shape index (κ3) is 3.21. The van der Waals surface area contributed by atoms with Crippen molar-refractivity contribution in [2.45, 2.75) is 27.2 Å². The maximum Gasteiger partial charge on any atom is 0.243 e. The zero-order valence-electron chi connectivity index (χ0n) is 12.4. The lowest BCUT2D eigenvalue weighted by atomic mass is 10.1. The fourth-order valence-corrected chi connectivity index (χ4v) is 2.40. The summed E-state index contributed by atoms with van der Waals surface area (Å²) in [5.41, 5.74) is 7.55. The van der Waals surface area contributed by atoms with Crippen molar-refractivity contribution >= 4 is 23.4 Å². The smallest absolute Gasteiger partial charge is 0.243 e. The largest absolute Gasteiger partial charge is 0.311 e. The zero-order valence-corrected chi connectivity index (χ0v) is 12.4. The highest BCUT2D eigenvalue weighted by Gasteiger charge is 2.35. The summed E-state index contributed by atoms with van der Waals surface area (Å²) in [6, 6.07) is 5.77. The first kappa shape index (κ1) is 15.0. The summed E-state index contributed by atoms with van der Waals surface area (Å²) in [6.07, 6.45) is 0.152. The van der Waals surface area contributed by atoms with Crippen LogP contribution in [-0.4, -0.2) is 24.3 Å². The number of amides is 3. The van der Waals surface area contributed by atoms with Gasteiger partial charge in [-0.3, -0.25) is 25.2 Å². The Morgan fingerprint density at radius 2 is 1.95 bits per heavy atom. The van der Waals surface area contributed by atoms with Gasteiger partial charge in [-0.1, -0.05) is 12.1 Å². The van der Waals surface area contributed by atoms with Crippen LogP contribution in [-0.2, 0) is 14.4 Å². The van der Waals surface area contributed by atoms with Gasteiger partial charge in [0.2, 0.25) is 17.7 Å². The van der Waals surface area contributed by atoms with Crippen molar-refractivity contribution in [3.8, 4) is 0 Å². The molecule has 1 fully saturated rings. The lowest BCUT2D eigenvalue weighted by molar-refractivity contribution is -0.130. The number of aryl methyl sites for hydroxylation is 1. The van der Waals surface area contributed by atoms with E-state index < -0.39 is 5.92 Å². The van der Waals surface area contributed by atoms with Crippen molar-refractivity contribution in [3.63, 3.8) is 0 Å². The molecule has 3 amide bonds. The highest BCUT2D eigenvalue weighted by Crippen LogP contribution is 2.29. The minimum Gasteiger partial charge on any atom is -0.311 e. The van der Waals surface area contributed by atoms with Crippen LogP contribution in [0.4, 0.5) is 5.69 Å². The molecule has 1 aliphatic rings. The minimum absolute atomic E-state index is 0.0772. The van der Waals surface area contributed by atoms with Crippen molar-refractivity contribution < 1.29 is 14.4 Å². The molecule has 6 heteroatoms. The Labute approximate surface area is 123 Å². The summed E-state index contributed by atoms with van der Waals surface area (Å²) in [5.74, 6) is -1.22. The van der Waals surface area contributed by atoms with Crippen LogP contribution >= 0.6 is 0 Å². The van der Waals surface area contributed by atoms with Crippen LogP contribution in [0.25, 0.3) is 0 Å². The van der Waals surface area contributed by atoms with Crippen molar-refractivity contribution in [3.05, 3.63) is 29.3 Å². The fraction of sp³-hybridized carbons (Fsp3) is 0.400. The van der Waals surface area contributed by atoms with E-state index in [0.29, 0.717) is 6.54 Å². The van der Waals surface area contributed by atoms with Gasteiger partial charge in [0.05, 0.1) is 5.92 Å². The van der Waals surface area contributed by atoms with Gasteiger partial charge < -0.3 is 4.90 Å². The first-order chi connectivity index (χ1) is 9.90.